The van der Waals surface area contributed by atoms with Crippen LogP contribution in [-0.2, 0) is 6.54 Å². The van der Waals surface area contributed by atoms with Crippen LogP contribution in [-0.4, -0.2) is 42.0 Å². The second-order valence-corrected chi connectivity index (χ2v) is 5.49. The van der Waals surface area contributed by atoms with E-state index >= 15 is 0 Å². The van der Waals surface area contributed by atoms with Gasteiger partial charge in [-0.05, 0) is 37.2 Å². The molecule has 0 aromatic heterocycles. The van der Waals surface area contributed by atoms with E-state index in [1.165, 1.54) is 0 Å². The largest absolute Gasteiger partial charge is 0.398 e. The van der Waals surface area contributed by atoms with Gasteiger partial charge in [-0.2, -0.15) is 0 Å². The molecule has 1 aromatic rings. The van der Waals surface area contributed by atoms with E-state index in [2.05, 4.69) is 23.6 Å². The molecule has 1 aliphatic heterocycles. The predicted octanol–water partition coefficient (Wildman–Crippen LogP) is 2.45. The molecule has 3 nitrogen and oxygen atoms in total. The van der Waals surface area contributed by atoms with Crippen LogP contribution in [0.2, 0.25) is 5.02 Å². The van der Waals surface area contributed by atoms with E-state index in [0.29, 0.717) is 6.04 Å². The van der Waals surface area contributed by atoms with Crippen molar-refractivity contribution in [3.63, 3.8) is 0 Å². The third-order valence-corrected chi connectivity index (χ3v) is 3.99. The van der Waals surface area contributed by atoms with Crippen LogP contribution in [0, 0.1) is 0 Å². The summed E-state index contributed by atoms with van der Waals surface area (Å²) in [6.07, 6.45) is 0. The molecule has 0 aliphatic carbocycles. The zero-order valence-corrected chi connectivity index (χ0v) is 12.0. The van der Waals surface area contributed by atoms with E-state index in [-0.39, 0.29) is 0 Å². The van der Waals surface area contributed by atoms with Crippen molar-refractivity contribution in [3.8, 4) is 0 Å². The number of nitrogens with zero attached hydrogens (tertiary/aromatic N) is 2. The van der Waals surface area contributed by atoms with Gasteiger partial charge < -0.3 is 5.73 Å². The summed E-state index contributed by atoms with van der Waals surface area (Å²) in [7, 11) is 0. The molecule has 1 saturated heterocycles. The van der Waals surface area contributed by atoms with E-state index in [4.69, 9.17) is 17.3 Å². The van der Waals surface area contributed by atoms with Gasteiger partial charge in [0.25, 0.3) is 0 Å². The van der Waals surface area contributed by atoms with Crippen molar-refractivity contribution in [2.24, 2.45) is 0 Å². The van der Waals surface area contributed by atoms with E-state index in [9.17, 15) is 0 Å². The van der Waals surface area contributed by atoms with Crippen LogP contribution in [0.4, 0.5) is 5.69 Å². The molecule has 0 radical (unpaired) electrons. The molecule has 2 rings (SSSR count). The number of hydrogen-bond donors (Lipinski definition) is 1. The maximum absolute atomic E-state index is 6.03. The zero-order valence-electron chi connectivity index (χ0n) is 11.2. The van der Waals surface area contributed by atoms with E-state index in [1.54, 1.807) is 0 Å². The monoisotopic (exact) mass is 267 g/mol. The number of piperazine rings is 1. The number of hydrogen-bond acceptors (Lipinski definition) is 3. The fourth-order valence-corrected chi connectivity index (χ4v) is 2.83. The summed E-state index contributed by atoms with van der Waals surface area (Å²) in [5.74, 6) is 0. The Kier molecular flexibility index (Phi) is 4.49. The molecule has 1 aliphatic rings. The summed E-state index contributed by atoms with van der Waals surface area (Å²) >= 11 is 6.03. The number of rotatable bonds is 3. The van der Waals surface area contributed by atoms with Gasteiger partial charge in [0.15, 0.2) is 0 Å². The molecular weight excluding hydrogens is 246 g/mol. The van der Waals surface area contributed by atoms with Gasteiger partial charge in [0.2, 0.25) is 0 Å². The second kappa shape index (κ2) is 5.91. The molecule has 0 amide bonds. The van der Waals surface area contributed by atoms with Gasteiger partial charge in [-0.3, -0.25) is 9.80 Å². The Morgan fingerprint density at radius 3 is 2.83 bits per heavy atom. The first-order chi connectivity index (χ1) is 8.60. The van der Waals surface area contributed by atoms with Gasteiger partial charge in [-0.25, -0.2) is 0 Å². The first-order valence-corrected chi connectivity index (χ1v) is 6.98. The number of nitrogens with two attached hydrogens (primary N) is 1. The molecule has 0 spiro atoms. The lowest BCUT2D eigenvalue weighted by molar-refractivity contribution is 0.0836. The maximum atomic E-state index is 6.03. The fourth-order valence-electron chi connectivity index (χ4n) is 2.64. The first kappa shape index (κ1) is 13.7. The van der Waals surface area contributed by atoms with Crippen LogP contribution in [0.1, 0.15) is 19.4 Å². The van der Waals surface area contributed by atoms with Crippen molar-refractivity contribution < 1.29 is 0 Å². The lowest BCUT2D eigenvalue weighted by Crippen LogP contribution is -2.51. The fraction of sp³-hybridized carbons (Fsp3) is 0.571. The molecule has 100 valence electrons. The molecule has 1 atom stereocenters. The lowest BCUT2D eigenvalue weighted by Gasteiger charge is -2.39. The van der Waals surface area contributed by atoms with Crippen LogP contribution >= 0.6 is 11.6 Å². The average molecular weight is 268 g/mol. The quantitative estimate of drug-likeness (QED) is 0.854. The van der Waals surface area contributed by atoms with E-state index in [0.717, 1.165) is 49.0 Å². The van der Waals surface area contributed by atoms with E-state index < -0.39 is 0 Å². The number of anilines is 1. The summed E-state index contributed by atoms with van der Waals surface area (Å²) in [6.45, 7) is 9.88. The third kappa shape index (κ3) is 3.16. The third-order valence-electron chi connectivity index (χ3n) is 3.75. The number of benzene rings is 1. The number of likely N-dealkylation sites (N-methyl/N-ethyl adjacent to an activating group) is 1. The highest BCUT2D eigenvalue weighted by Gasteiger charge is 2.22. The van der Waals surface area contributed by atoms with Crippen molar-refractivity contribution in [1.29, 1.82) is 0 Å². The Morgan fingerprint density at radius 2 is 2.17 bits per heavy atom. The highest BCUT2D eigenvalue weighted by Crippen LogP contribution is 2.21. The highest BCUT2D eigenvalue weighted by atomic mass is 35.5. The minimum atomic E-state index is 0.615. The summed E-state index contributed by atoms with van der Waals surface area (Å²) in [5, 5.41) is 0.763. The molecule has 0 saturated carbocycles. The van der Waals surface area contributed by atoms with Crippen molar-refractivity contribution in [3.05, 3.63) is 28.8 Å². The minimum absolute atomic E-state index is 0.615. The molecule has 1 unspecified atom stereocenters. The Labute approximate surface area is 115 Å². The highest BCUT2D eigenvalue weighted by molar-refractivity contribution is 6.30. The Morgan fingerprint density at radius 1 is 1.39 bits per heavy atom. The molecule has 2 N–H and O–H groups in total. The van der Waals surface area contributed by atoms with Crippen molar-refractivity contribution in [1.82, 2.24) is 9.80 Å². The summed E-state index contributed by atoms with van der Waals surface area (Å²) in [6, 6.07) is 6.33. The second-order valence-electron chi connectivity index (χ2n) is 5.06. The van der Waals surface area contributed by atoms with Gasteiger partial charge in [0, 0.05) is 42.9 Å². The molecule has 0 bridgehead atoms. The summed E-state index contributed by atoms with van der Waals surface area (Å²) in [4.78, 5) is 4.97. The van der Waals surface area contributed by atoms with Crippen molar-refractivity contribution >= 4 is 17.3 Å². The number of nitrogen functional groups attached to an aromatic ring is 1. The Balaban J connectivity index is 2.00. The lowest BCUT2D eigenvalue weighted by atomic mass is 10.1. The van der Waals surface area contributed by atoms with Crippen LogP contribution in [0.25, 0.3) is 0 Å². The van der Waals surface area contributed by atoms with Gasteiger partial charge in [-0.15, -0.1) is 0 Å². The van der Waals surface area contributed by atoms with Gasteiger partial charge in [0.05, 0.1) is 0 Å². The van der Waals surface area contributed by atoms with Crippen LogP contribution in [0.5, 0.6) is 0 Å². The molecule has 18 heavy (non-hydrogen) atoms. The first-order valence-electron chi connectivity index (χ1n) is 6.60. The molecule has 1 fully saturated rings. The predicted molar refractivity (Wildman–Crippen MR) is 77.9 cm³/mol. The summed E-state index contributed by atoms with van der Waals surface area (Å²) in [5.41, 5.74) is 7.98. The Hall–Kier alpha value is -0.770. The van der Waals surface area contributed by atoms with Crippen LogP contribution in [0.15, 0.2) is 18.2 Å². The Bertz CT molecular complexity index is 408. The molecule has 1 heterocycles. The smallest absolute Gasteiger partial charge is 0.0410 e. The topological polar surface area (TPSA) is 32.5 Å². The summed E-state index contributed by atoms with van der Waals surface area (Å²) < 4.78 is 0. The molecular formula is C14H22ClN3. The minimum Gasteiger partial charge on any atom is -0.398 e. The van der Waals surface area contributed by atoms with Crippen LogP contribution < -0.4 is 5.73 Å². The SMILES string of the molecule is CCN1CCN(Cc2cc(Cl)ccc2N)CC1C. The van der Waals surface area contributed by atoms with Gasteiger partial charge in [0.1, 0.15) is 0 Å². The average Bonchev–Trinajstić information content (AvgIpc) is 2.34. The van der Waals surface area contributed by atoms with E-state index in [1.807, 2.05) is 18.2 Å². The van der Waals surface area contributed by atoms with Crippen molar-refractivity contribution in [2.75, 3.05) is 31.9 Å². The molecule has 4 heteroatoms. The normalized spacial score (nSPS) is 22.3. The maximum Gasteiger partial charge on any atom is 0.0410 e. The van der Waals surface area contributed by atoms with Gasteiger partial charge in [-0.1, -0.05) is 18.5 Å². The van der Waals surface area contributed by atoms with Gasteiger partial charge >= 0.3 is 0 Å². The van der Waals surface area contributed by atoms with Crippen LogP contribution in [0.3, 0.4) is 0 Å². The number of halogens is 1. The van der Waals surface area contributed by atoms with Crippen molar-refractivity contribution in [2.45, 2.75) is 26.4 Å². The zero-order chi connectivity index (χ0) is 13.1. The molecule has 1 aromatic carbocycles. The standard InChI is InChI=1S/C14H22ClN3/c1-3-18-7-6-17(9-11(18)2)10-12-8-13(15)4-5-14(12)16/h4-5,8,11H,3,6-7,9-10,16H2,1-2H3.